The molecule has 0 saturated carbocycles. The molecule has 3 atom stereocenters. The zero-order chi connectivity index (χ0) is 17.5. The molecule has 6 heteroatoms. The molecule has 1 fully saturated rings. The van der Waals surface area contributed by atoms with Crippen LogP contribution in [0.4, 0.5) is 0 Å². The number of thioether (sulfide) groups is 1. The quantitative estimate of drug-likeness (QED) is 0.699. The standard InChI is InChI=1S/C20H20N4OS/c1-14-12-24-19(17-8-4-10-23(17)13-15-6-5-11-25-15)18(22-20(24)26-14)16-7-2-3-9-21-16/h2-11,14,18-19H,12-13H2,1H3/t14-,18-,19+/m1/s1. The molecular weight excluding hydrogens is 344 g/mol. The second-order valence-electron chi connectivity index (χ2n) is 6.78. The van der Waals surface area contributed by atoms with E-state index in [0.717, 1.165) is 29.7 Å². The summed E-state index contributed by atoms with van der Waals surface area (Å²) in [6, 6.07) is 14.5. The maximum Gasteiger partial charge on any atom is 0.160 e. The molecule has 26 heavy (non-hydrogen) atoms. The summed E-state index contributed by atoms with van der Waals surface area (Å²) in [4.78, 5) is 12.1. The van der Waals surface area contributed by atoms with Crippen molar-refractivity contribution in [2.75, 3.05) is 6.54 Å². The monoisotopic (exact) mass is 364 g/mol. The summed E-state index contributed by atoms with van der Waals surface area (Å²) in [6.07, 6.45) is 5.70. The second kappa shape index (κ2) is 6.36. The van der Waals surface area contributed by atoms with Gasteiger partial charge >= 0.3 is 0 Å². The molecule has 5 rings (SSSR count). The summed E-state index contributed by atoms with van der Waals surface area (Å²) in [5.41, 5.74) is 2.28. The third-order valence-corrected chi connectivity index (χ3v) is 6.06. The van der Waals surface area contributed by atoms with Crippen LogP contribution in [-0.2, 0) is 6.54 Å². The molecular formula is C20H20N4OS. The van der Waals surface area contributed by atoms with Crippen LogP contribution in [-0.4, -0.2) is 31.4 Å². The van der Waals surface area contributed by atoms with Crippen LogP contribution < -0.4 is 0 Å². The molecule has 2 aliphatic heterocycles. The van der Waals surface area contributed by atoms with Gasteiger partial charge in [0, 0.05) is 29.9 Å². The number of amidine groups is 1. The van der Waals surface area contributed by atoms with Crippen molar-refractivity contribution in [1.82, 2.24) is 14.5 Å². The second-order valence-corrected chi connectivity index (χ2v) is 8.18. The highest BCUT2D eigenvalue weighted by atomic mass is 32.2. The van der Waals surface area contributed by atoms with Gasteiger partial charge in [0.2, 0.25) is 0 Å². The van der Waals surface area contributed by atoms with E-state index in [0.29, 0.717) is 5.25 Å². The van der Waals surface area contributed by atoms with Crippen molar-refractivity contribution < 1.29 is 4.42 Å². The fourth-order valence-electron chi connectivity index (χ4n) is 3.85. The maximum absolute atomic E-state index is 5.56. The van der Waals surface area contributed by atoms with E-state index in [1.54, 1.807) is 6.26 Å². The summed E-state index contributed by atoms with van der Waals surface area (Å²) in [5, 5.41) is 1.71. The number of pyridine rings is 1. The summed E-state index contributed by atoms with van der Waals surface area (Å²) in [6.45, 7) is 4.01. The molecule has 3 aromatic rings. The van der Waals surface area contributed by atoms with Gasteiger partial charge in [0.1, 0.15) is 11.8 Å². The van der Waals surface area contributed by atoms with Crippen LogP contribution in [0.25, 0.3) is 0 Å². The van der Waals surface area contributed by atoms with E-state index in [-0.39, 0.29) is 12.1 Å². The molecule has 3 aromatic heterocycles. The summed E-state index contributed by atoms with van der Waals surface area (Å²) in [5.74, 6) is 0.958. The molecule has 0 aromatic carbocycles. The topological polar surface area (TPSA) is 46.6 Å². The Morgan fingerprint density at radius 2 is 2.15 bits per heavy atom. The van der Waals surface area contributed by atoms with E-state index in [2.05, 4.69) is 45.8 Å². The predicted octanol–water partition coefficient (Wildman–Crippen LogP) is 4.11. The van der Waals surface area contributed by atoms with Crippen molar-refractivity contribution in [1.29, 1.82) is 0 Å². The first-order valence-corrected chi connectivity index (χ1v) is 9.77. The fourth-order valence-corrected chi connectivity index (χ4v) is 4.94. The molecule has 0 N–H and O–H groups in total. The molecule has 0 spiro atoms. The molecule has 0 aliphatic carbocycles. The predicted molar refractivity (Wildman–Crippen MR) is 103 cm³/mol. The zero-order valence-electron chi connectivity index (χ0n) is 14.5. The van der Waals surface area contributed by atoms with Gasteiger partial charge in [-0.05, 0) is 36.4 Å². The largest absolute Gasteiger partial charge is 0.467 e. The van der Waals surface area contributed by atoms with Crippen molar-refractivity contribution in [3.8, 4) is 0 Å². The molecule has 1 saturated heterocycles. The Labute approximate surface area is 156 Å². The Morgan fingerprint density at radius 1 is 1.19 bits per heavy atom. The highest BCUT2D eigenvalue weighted by Crippen LogP contribution is 2.47. The number of hydrogen-bond acceptors (Lipinski definition) is 5. The minimum absolute atomic E-state index is 0.0245. The van der Waals surface area contributed by atoms with Crippen LogP contribution in [0.1, 0.15) is 36.2 Å². The van der Waals surface area contributed by atoms with E-state index in [4.69, 9.17) is 9.41 Å². The number of aromatic nitrogens is 2. The van der Waals surface area contributed by atoms with Crippen LogP contribution >= 0.6 is 11.8 Å². The van der Waals surface area contributed by atoms with Crippen LogP contribution in [0.15, 0.2) is 70.5 Å². The lowest BCUT2D eigenvalue weighted by Gasteiger charge is -2.28. The van der Waals surface area contributed by atoms with Crippen molar-refractivity contribution in [2.45, 2.75) is 30.8 Å². The average Bonchev–Trinajstić information content (AvgIpc) is 3.41. The van der Waals surface area contributed by atoms with Gasteiger partial charge in [-0.15, -0.1) is 0 Å². The maximum atomic E-state index is 5.56. The Balaban J connectivity index is 1.55. The van der Waals surface area contributed by atoms with Gasteiger partial charge < -0.3 is 13.9 Å². The average molecular weight is 364 g/mol. The summed E-state index contributed by atoms with van der Waals surface area (Å²) < 4.78 is 7.83. The minimum Gasteiger partial charge on any atom is -0.467 e. The third kappa shape index (κ3) is 2.65. The van der Waals surface area contributed by atoms with E-state index in [1.165, 1.54) is 5.69 Å². The molecule has 0 unspecified atom stereocenters. The number of rotatable bonds is 4. The summed E-state index contributed by atoms with van der Waals surface area (Å²) >= 11 is 1.87. The Kier molecular flexibility index (Phi) is 3.85. The van der Waals surface area contributed by atoms with Gasteiger partial charge in [-0.25, -0.2) is 0 Å². The lowest BCUT2D eigenvalue weighted by Crippen LogP contribution is -2.30. The third-order valence-electron chi connectivity index (χ3n) is 4.96. The van der Waals surface area contributed by atoms with Crippen molar-refractivity contribution in [3.63, 3.8) is 0 Å². The first kappa shape index (κ1) is 15.8. The van der Waals surface area contributed by atoms with Crippen molar-refractivity contribution in [2.24, 2.45) is 4.99 Å². The van der Waals surface area contributed by atoms with E-state index < -0.39 is 0 Å². The number of fused-ring (bicyclic) bond motifs is 1. The van der Waals surface area contributed by atoms with Gasteiger partial charge in [-0.3, -0.25) is 9.98 Å². The minimum atomic E-state index is 0.0245. The smallest absolute Gasteiger partial charge is 0.160 e. The molecule has 132 valence electrons. The Hall–Kier alpha value is -2.47. The molecule has 0 amide bonds. The normalized spacial score (nSPS) is 24.7. The van der Waals surface area contributed by atoms with Gasteiger partial charge in [0.05, 0.1) is 24.5 Å². The Morgan fingerprint density at radius 3 is 2.96 bits per heavy atom. The van der Waals surface area contributed by atoms with Gasteiger partial charge in [-0.1, -0.05) is 24.8 Å². The van der Waals surface area contributed by atoms with E-state index in [9.17, 15) is 0 Å². The highest BCUT2D eigenvalue weighted by molar-refractivity contribution is 8.14. The first-order chi connectivity index (χ1) is 12.8. The number of nitrogens with zero attached hydrogens (tertiary/aromatic N) is 4. The number of hydrogen-bond donors (Lipinski definition) is 0. The zero-order valence-corrected chi connectivity index (χ0v) is 15.3. The molecule has 5 nitrogen and oxygen atoms in total. The number of furan rings is 1. The van der Waals surface area contributed by atoms with Gasteiger partial charge in [0.25, 0.3) is 0 Å². The van der Waals surface area contributed by atoms with Crippen LogP contribution in [0.3, 0.4) is 0 Å². The van der Waals surface area contributed by atoms with Crippen LogP contribution in [0.2, 0.25) is 0 Å². The number of aliphatic imine (C=N–C) groups is 1. The van der Waals surface area contributed by atoms with E-state index >= 15 is 0 Å². The molecule has 0 bridgehead atoms. The highest BCUT2D eigenvalue weighted by Gasteiger charge is 2.44. The molecule has 2 aliphatic rings. The van der Waals surface area contributed by atoms with Crippen LogP contribution in [0.5, 0.6) is 0 Å². The SMILES string of the molecule is C[C@@H]1CN2C(=N[C@H](c3ccccn3)[C@@H]2c2cccn2Cc2ccco2)S1. The van der Waals surface area contributed by atoms with Crippen molar-refractivity contribution >= 4 is 16.9 Å². The van der Waals surface area contributed by atoms with Crippen molar-refractivity contribution in [3.05, 3.63) is 78.3 Å². The Bertz CT molecular complexity index is 918. The van der Waals surface area contributed by atoms with E-state index in [1.807, 2.05) is 42.2 Å². The van der Waals surface area contributed by atoms with Gasteiger partial charge in [-0.2, -0.15) is 0 Å². The fraction of sp³-hybridized carbons (Fsp3) is 0.300. The lowest BCUT2D eigenvalue weighted by atomic mass is 10.0. The summed E-state index contributed by atoms with van der Waals surface area (Å²) in [7, 11) is 0. The molecule has 0 radical (unpaired) electrons. The first-order valence-electron chi connectivity index (χ1n) is 8.89. The van der Waals surface area contributed by atoms with Crippen LogP contribution in [0, 0.1) is 0 Å². The molecule has 5 heterocycles. The van der Waals surface area contributed by atoms with Gasteiger partial charge in [0.15, 0.2) is 5.17 Å². The lowest BCUT2D eigenvalue weighted by molar-refractivity contribution is 0.306.